The third kappa shape index (κ3) is 3.66. The van der Waals surface area contributed by atoms with E-state index in [0.717, 1.165) is 9.13 Å². The predicted molar refractivity (Wildman–Crippen MR) is 109 cm³/mol. The van der Waals surface area contributed by atoms with Crippen molar-refractivity contribution in [2.45, 2.75) is 12.6 Å². The normalized spacial score (nSPS) is 12.4. The van der Waals surface area contributed by atoms with Crippen molar-refractivity contribution in [1.82, 2.24) is 9.13 Å². The first kappa shape index (κ1) is 20.4. The molecule has 0 saturated carbocycles. The number of halogens is 3. The van der Waals surface area contributed by atoms with Crippen molar-refractivity contribution in [2.24, 2.45) is 7.05 Å². The summed E-state index contributed by atoms with van der Waals surface area (Å²) in [7, 11) is 1.31. The van der Waals surface area contributed by atoms with E-state index in [1.807, 2.05) is 22.6 Å². The third-order valence-corrected chi connectivity index (χ3v) is 4.95. The molecule has 2 heterocycles. The second kappa shape index (κ2) is 7.97. The lowest BCUT2D eigenvalue weighted by Crippen LogP contribution is -2.31. The summed E-state index contributed by atoms with van der Waals surface area (Å²) in [5.41, 5.74) is -2.09. The van der Waals surface area contributed by atoms with Gasteiger partial charge in [-0.25, -0.2) is 4.39 Å². The Morgan fingerprint density at radius 2 is 1.93 bits per heavy atom. The zero-order valence-electron chi connectivity index (χ0n) is 14.6. The smallest absolute Gasteiger partial charge is 0.289 e. The topological polar surface area (TPSA) is 96.5 Å². The maximum atomic E-state index is 14.8. The molecule has 0 aliphatic rings. The van der Waals surface area contributed by atoms with Crippen molar-refractivity contribution >= 4 is 44.9 Å². The van der Waals surface area contributed by atoms with Gasteiger partial charge in [-0.1, -0.05) is 0 Å². The van der Waals surface area contributed by atoms with Gasteiger partial charge in [-0.2, -0.15) is 4.39 Å². The molecule has 2 aromatic heterocycles. The largest absolute Gasteiger partial charge is 0.394 e. The first-order valence-electron chi connectivity index (χ1n) is 8.17. The van der Waals surface area contributed by atoms with Gasteiger partial charge in [-0.05, 0) is 46.9 Å². The van der Waals surface area contributed by atoms with Crippen LogP contribution in [0.4, 0.5) is 20.2 Å². The number of hydrogen-bond acceptors (Lipinski definition) is 5. The molecule has 0 amide bonds. The molecule has 148 valence electrons. The Labute approximate surface area is 171 Å². The first-order chi connectivity index (χ1) is 13.2. The van der Waals surface area contributed by atoms with E-state index in [1.165, 1.54) is 31.4 Å². The number of hydrogen-bond donors (Lipinski definition) is 3. The van der Waals surface area contributed by atoms with Crippen LogP contribution in [0.5, 0.6) is 0 Å². The molecule has 3 N–H and O–H groups in total. The number of rotatable bonds is 5. The minimum Gasteiger partial charge on any atom is -0.394 e. The van der Waals surface area contributed by atoms with Gasteiger partial charge in [-0.3, -0.25) is 9.59 Å². The fraction of sp³-hybridized carbons (Fsp3) is 0.222. The lowest BCUT2D eigenvalue weighted by atomic mass is 10.2. The number of aryl methyl sites for hydroxylation is 1. The Hall–Kier alpha value is -2.31. The molecule has 1 atom stereocenters. The Morgan fingerprint density at radius 3 is 2.57 bits per heavy atom. The Balaban J connectivity index is 2.29. The molecule has 0 radical (unpaired) electrons. The molecule has 10 heteroatoms. The molecular formula is C18H16F2IN3O4. The van der Waals surface area contributed by atoms with E-state index < -0.39 is 41.2 Å². The van der Waals surface area contributed by atoms with E-state index in [2.05, 4.69) is 5.32 Å². The maximum absolute atomic E-state index is 14.8. The SMILES string of the molecule is Cn1c(=O)c(F)c(Nc2ccc(I)cc2F)c2c(=O)n(C[C@H](O)CO)ccc21. The average Bonchev–Trinajstić information content (AvgIpc) is 2.66. The number of pyridine rings is 2. The van der Waals surface area contributed by atoms with E-state index in [9.17, 15) is 23.5 Å². The number of anilines is 2. The number of aliphatic hydroxyl groups excluding tert-OH is 2. The van der Waals surface area contributed by atoms with Crippen LogP contribution >= 0.6 is 22.6 Å². The summed E-state index contributed by atoms with van der Waals surface area (Å²) < 4.78 is 31.7. The van der Waals surface area contributed by atoms with Crippen LogP contribution in [0.25, 0.3) is 10.9 Å². The van der Waals surface area contributed by atoms with Gasteiger partial charge in [0.25, 0.3) is 11.1 Å². The maximum Gasteiger partial charge on any atom is 0.289 e. The molecule has 0 bridgehead atoms. The summed E-state index contributed by atoms with van der Waals surface area (Å²) in [5, 5.41) is 21.0. The van der Waals surface area contributed by atoms with Gasteiger partial charge >= 0.3 is 0 Å². The zero-order chi connectivity index (χ0) is 20.6. The van der Waals surface area contributed by atoms with Crippen molar-refractivity contribution < 1.29 is 19.0 Å². The van der Waals surface area contributed by atoms with Crippen molar-refractivity contribution in [1.29, 1.82) is 0 Å². The monoisotopic (exact) mass is 503 g/mol. The Morgan fingerprint density at radius 1 is 1.21 bits per heavy atom. The summed E-state index contributed by atoms with van der Waals surface area (Å²) in [6.07, 6.45) is 0.133. The minimum absolute atomic E-state index is 0.0981. The van der Waals surface area contributed by atoms with Gasteiger partial charge < -0.3 is 24.7 Å². The standard InChI is InChI=1S/C18H16F2IN3O4/c1-23-13-4-5-24(7-10(26)8-25)17(27)14(13)16(15(20)18(23)28)22-12-3-2-9(21)6-11(12)19/h2-6,10,22,25-26H,7-8H2,1H3/t10-/m0/s1. The summed E-state index contributed by atoms with van der Waals surface area (Å²) >= 11 is 1.92. The van der Waals surface area contributed by atoms with Crippen LogP contribution in [-0.2, 0) is 13.6 Å². The van der Waals surface area contributed by atoms with E-state index in [0.29, 0.717) is 3.57 Å². The zero-order valence-corrected chi connectivity index (χ0v) is 16.8. The lowest BCUT2D eigenvalue weighted by Gasteiger charge is -2.16. The van der Waals surface area contributed by atoms with Gasteiger partial charge in [-0.15, -0.1) is 0 Å². The number of nitrogens with one attached hydrogen (secondary N) is 1. The Kier molecular flexibility index (Phi) is 5.82. The second-order valence-electron chi connectivity index (χ2n) is 6.17. The fourth-order valence-corrected chi connectivity index (χ4v) is 3.28. The molecule has 0 saturated heterocycles. The van der Waals surface area contributed by atoms with Gasteiger partial charge in [0.05, 0.1) is 41.5 Å². The van der Waals surface area contributed by atoms with Gasteiger partial charge in [0, 0.05) is 16.8 Å². The van der Waals surface area contributed by atoms with Crippen molar-refractivity contribution in [3.05, 3.63) is 66.4 Å². The molecule has 0 unspecified atom stereocenters. The number of benzene rings is 1. The summed E-state index contributed by atoms with van der Waals surface area (Å²) in [4.78, 5) is 25.1. The highest BCUT2D eigenvalue weighted by atomic mass is 127. The molecular weight excluding hydrogens is 487 g/mol. The first-order valence-corrected chi connectivity index (χ1v) is 9.25. The molecule has 3 aromatic rings. The molecule has 0 aliphatic carbocycles. The van der Waals surface area contributed by atoms with Crippen LogP contribution in [0.2, 0.25) is 0 Å². The van der Waals surface area contributed by atoms with Crippen LogP contribution < -0.4 is 16.4 Å². The second-order valence-corrected chi connectivity index (χ2v) is 7.42. The van der Waals surface area contributed by atoms with Crippen LogP contribution in [-0.4, -0.2) is 32.1 Å². The molecule has 7 nitrogen and oxygen atoms in total. The van der Waals surface area contributed by atoms with E-state index in [-0.39, 0.29) is 23.1 Å². The number of aliphatic hydroxyl groups is 2. The third-order valence-electron chi connectivity index (χ3n) is 4.28. The molecule has 0 fully saturated rings. The average molecular weight is 503 g/mol. The number of fused-ring (bicyclic) bond motifs is 1. The van der Waals surface area contributed by atoms with Crippen molar-refractivity contribution in [3.8, 4) is 0 Å². The van der Waals surface area contributed by atoms with E-state index in [4.69, 9.17) is 5.11 Å². The number of aromatic nitrogens is 2. The summed E-state index contributed by atoms with van der Waals surface area (Å²) in [6, 6.07) is 5.59. The van der Waals surface area contributed by atoms with Crippen LogP contribution in [0, 0.1) is 15.2 Å². The molecule has 28 heavy (non-hydrogen) atoms. The Bertz CT molecular complexity index is 1180. The quantitative estimate of drug-likeness (QED) is 0.461. The molecule has 1 aromatic carbocycles. The van der Waals surface area contributed by atoms with E-state index >= 15 is 0 Å². The highest BCUT2D eigenvalue weighted by Crippen LogP contribution is 2.27. The minimum atomic E-state index is -1.23. The fourth-order valence-electron chi connectivity index (χ4n) is 2.82. The van der Waals surface area contributed by atoms with Gasteiger partial charge in [0.2, 0.25) is 5.82 Å². The molecule has 0 aliphatic heterocycles. The van der Waals surface area contributed by atoms with E-state index in [1.54, 1.807) is 6.07 Å². The highest BCUT2D eigenvalue weighted by molar-refractivity contribution is 14.1. The summed E-state index contributed by atoms with van der Waals surface area (Å²) in [5.74, 6) is -1.91. The van der Waals surface area contributed by atoms with Crippen LogP contribution in [0.15, 0.2) is 40.1 Å². The highest BCUT2D eigenvalue weighted by Gasteiger charge is 2.20. The summed E-state index contributed by atoms with van der Waals surface area (Å²) in [6.45, 7) is -0.794. The molecule has 3 rings (SSSR count). The van der Waals surface area contributed by atoms with Crippen LogP contribution in [0.3, 0.4) is 0 Å². The van der Waals surface area contributed by atoms with Gasteiger partial charge in [0.1, 0.15) is 5.82 Å². The lowest BCUT2D eigenvalue weighted by molar-refractivity contribution is 0.0805. The molecule has 0 spiro atoms. The van der Waals surface area contributed by atoms with Crippen molar-refractivity contribution in [2.75, 3.05) is 11.9 Å². The van der Waals surface area contributed by atoms with Crippen LogP contribution in [0.1, 0.15) is 0 Å². The number of nitrogens with zero attached hydrogens (tertiary/aromatic N) is 2. The van der Waals surface area contributed by atoms with Crippen molar-refractivity contribution in [3.63, 3.8) is 0 Å². The predicted octanol–water partition coefficient (Wildman–Crippen LogP) is 1.68. The van der Waals surface area contributed by atoms with Gasteiger partial charge in [0.15, 0.2) is 0 Å².